The lowest BCUT2D eigenvalue weighted by atomic mass is 10.2. The van der Waals surface area contributed by atoms with Crippen LogP contribution in [0.4, 0.5) is 18.9 Å². The topological polar surface area (TPSA) is 42.8 Å². The predicted molar refractivity (Wildman–Crippen MR) is 88.0 cm³/mol. The molecule has 0 spiro atoms. The summed E-state index contributed by atoms with van der Waals surface area (Å²) in [6.07, 6.45) is 0. The van der Waals surface area contributed by atoms with Crippen LogP contribution in [0.5, 0.6) is 5.75 Å². The van der Waals surface area contributed by atoms with Crippen LogP contribution >= 0.6 is 0 Å². The maximum atomic E-state index is 13.6. The molecule has 134 valence electrons. The van der Waals surface area contributed by atoms with Crippen LogP contribution < -0.4 is 15.0 Å². The van der Waals surface area contributed by atoms with Gasteiger partial charge in [0, 0.05) is 5.56 Å². The van der Waals surface area contributed by atoms with Crippen molar-refractivity contribution in [2.45, 2.75) is 13.5 Å². The number of benzene rings is 2. The van der Waals surface area contributed by atoms with Gasteiger partial charge in [0.15, 0.2) is 24.0 Å². The lowest BCUT2D eigenvalue weighted by Crippen LogP contribution is -3.08. The van der Waals surface area contributed by atoms with Crippen LogP contribution in [-0.4, -0.2) is 26.1 Å². The third-order valence-electron chi connectivity index (χ3n) is 3.54. The molecule has 0 saturated carbocycles. The van der Waals surface area contributed by atoms with E-state index in [4.69, 9.17) is 4.74 Å². The van der Waals surface area contributed by atoms with E-state index in [9.17, 15) is 18.0 Å². The van der Waals surface area contributed by atoms with Crippen LogP contribution in [0, 0.1) is 17.5 Å². The number of carbonyl (C=O) groups excluding carboxylic acids is 1. The molecule has 0 aliphatic rings. The van der Waals surface area contributed by atoms with Gasteiger partial charge in [-0.2, -0.15) is 0 Å². The quantitative estimate of drug-likeness (QED) is 0.749. The molecule has 2 N–H and O–H groups in total. The average Bonchev–Trinajstić information content (AvgIpc) is 2.57. The van der Waals surface area contributed by atoms with Crippen molar-refractivity contribution >= 4 is 11.6 Å². The molecule has 1 unspecified atom stereocenters. The van der Waals surface area contributed by atoms with E-state index in [1.54, 1.807) is 7.05 Å². The van der Waals surface area contributed by atoms with E-state index in [0.717, 1.165) is 28.3 Å². The van der Waals surface area contributed by atoms with E-state index in [1.807, 2.05) is 31.2 Å². The van der Waals surface area contributed by atoms with Crippen LogP contribution in [0.3, 0.4) is 0 Å². The summed E-state index contributed by atoms with van der Waals surface area (Å²) < 4.78 is 45.2. The van der Waals surface area contributed by atoms with E-state index >= 15 is 0 Å². The Bertz CT molecular complexity index is 753. The fraction of sp³-hybridized carbons (Fsp3) is 0.278. The maximum absolute atomic E-state index is 13.6. The van der Waals surface area contributed by atoms with E-state index < -0.39 is 23.4 Å². The second kappa shape index (κ2) is 8.53. The number of likely N-dealkylation sites (N-methyl/N-ethyl adjacent to an activating group) is 1. The van der Waals surface area contributed by atoms with E-state index in [0.29, 0.717) is 13.2 Å². The molecule has 0 aliphatic heterocycles. The van der Waals surface area contributed by atoms with Crippen LogP contribution in [0.2, 0.25) is 0 Å². The molecule has 0 fully saturated rings. The van der Waals surface area contributed by atoms with Crippen LogP contribution in [0.1, 0.15) is 12.5 Å². The number of anilines is 1. The molecule has 1 amide bonds. The minimum Gasteiger partial charge on any atom is -0.493 e. The van der Waals surface area contributed by atoms with Gasteiger partial charge in [0.25, 0.3) is 5.91 Å². The maximum Gasteiger partial charge on any atom is 0.279 e. The number of carbonyl (C=O) groups is 1. The highest BCUT2D eigenvalue weighted by Crippen LogP contribution is 2.19. The summed E-state index contributed by atoms with van der Waals surface area (Å²) in [5.74, 6) is -4.07. The second-order valence-electron chi connectivity index (χ2n) is 5.62. The standard InChI is InChI=1S/C18H19F3N2O2/c1-3-25-15-7-5-4-6-12(15)10-23(2)11-16(24)22-14-9-8-13(19)17(20)18(14)21/h4-9H,3,10-11H2,1-2H3,(H,22,24)/p+1. The SMILES string of the molecule is CCOc1ccccc1C[NH+](C)CC(=O)Nc1ccc(F)c(F)c1F. The van der Waals surface area contributed by atoms with E-state index in [2.05, 4.69) is 5.32 Å². The third-order valence-corrected chi connectivity index (χ3v) is 3.54. The monoisotopic (exact) mass is 353 g/mol. The highest BCUT2D eigenvalue weighted by Gasteiger charge is 2.18. The lowest BCUT2D eigenvalue weighted by molar-refractivity contribution is -0.885. The summed E-state index contributed by atoms with van der Waals surface area (Å²) in [6.45, 7) is 2.96. The summed E-state index contributed by atoms with van der Waals surface area (Å²) in [5.41, 5.74) is 0.556. The number of quaternary nitrogens is 1. The van der Waals surface area contributed by atoms with Crippen molar-refractivity contribution in [3.8, 4) is 5.75 Å². The zero-order chi connectivity index (χ0) is 18.4. The molecular weight excluding hydrogens is 333 g/mol. The molecule has 0 saturated heterocycles. The zero-order valence-corrected chi connectivity index (χ0v) is 14.0. The fourth-order valence-electron chi connectivity index (χ4n) is 2.42. The molecule has 7 heteroatoms. The van der Waals surface area contributed by atoms with Gasteiger partial charge in [0.1, 0.15) is 12.3 Å². The van der Waals surface area contributed by atoms with Crippen molar-refractivity contribution < 1.29 is 27.6 Å². The Hall–Kier alpha value is -2.54. The minimum atomic E-state index is -1.61. The largest absolute Gasteiger partial charge is 0.493 e. The molecule has 0 heterocycles. The first-order valence-corrected chi connectivity index (χ1v) is 7.87. The Labute approximate surface area is 144 Å². The lowest BCUT2D eigenvalue weighted by Gasteiger charge is -2.16. The van der Waals surface area contributed by atoms with Gasteiger partial charge in [-0.1, -0.05) is 12.1 Å². The molecule has 25 heavy (non-hydrogen) atoms. The van der Waals surface area contributed by atoms with Gasteiger partial charge in [0.2, 0.25) is 0 Å². The average molecular weight is 353 g/mol. The van der Waals surface area contributed by atoms with Crippen LogP contribution in [0.15, 0.2) is 36.4 Å². The number of amides is 1. The van der Waals surface area contributed by atoms with Crippen molar-refractivity contribution in [2.24, 2.45) is 0 Å². The van der Waals surface area contributed by atoms with Crippen molar-refractivity contribution in [1.29, 1.82) is 0 Å². The van der Waals surface area contributed by atoms with Crippen molar-refractivity contribution in [3.63, 3.8) is 0 Å². The summed E-state index contributed by atoms with van der Waals surface area (Å²) in [4.78, 5) is 12.9. The fourth-order valence-corrected chi connectivity index (χ4v) is 2.42. The normalized spacial score (nSPS) is 11.9. The van der Waals surface area contributed by atoms with E-state index in [1.165, 1.54) is 0 Å². The first-order chi connectivity index (χ1) is 11.9. The summed E-state index contributed by atoms with van der Waals surface area (Å²) >= 11 is 0. The van der Waals surface area contributed by atoms with Crippen molar-refractivity contribution in [3.05, 3.63) is 59.4 Å². The van der Waals surface area contributed by atoms with Gasteiger partial charge in [-0.25, -0.2) is 13.2 Å². The Balaban J connectivity index is 1.98. The highest BCUT2D eigenvalue weighted by atomic mass is 19.2. The third kappa shape index (κ3) is 4.96. The second-order valence-corrected chi connectivity index (χ2v) is 5.62. The summed E-state index contributed by atoms with van der Waals surface area (Å²) in [5, 5.41) is 2.26. The Kier molecular flexibility index (Phi) is 6.41. The molecule has 1 atom stereocenters. The summed E-state index contributed by atoms with van der Waals surface area (Å²) in [6, 6.07) is 9.25. The molecule has 0 aromatic heterocycles. The molecule has 0 radical (unpaired) electrons. The van der Waals surface area contributed by atoms with Gasteiger partial charge in [-0.15, -0.1) is 0 Å². The van der Waals surface area contributed by atoms with Crippen LogP contribution in [-0.2, 0) is 11.3 Å². The first kappa shape index (κ1) is 18.8. The number of para-hydroxylation sites is 1. The first-order valence-electron chi connectivity index (χ1n) is 7.87. The van der Waals surface area contributed by atoms with Crippen molar-refractivity contribution in [2.75, 3.05) is 25.5 Å². The van der Waals surface area contributed by atoms with Crippen LogP contribution in [0.25, 0.3) is 0 Å². The van der Waals surface area contributed by atoms with Gasteiger partial charge >= 0.3 is 0 Å². The molecular formula is C18H20F3N2O2+. The zero-order valence-electron chi connectivity index (χ0n) is 14.0. The Morgan fingerprint density at radius 2 is 1.84 bits per heavy atom. The highest BCUT2D eigenvalue weighted by molar-refractivity contribution is 5.91. The van der Waals surface area contributed by atoms with Crippen molar-refractivity contribution in [1.82, 2.24) is 0 Å². The smallest absolute Gasteiger partial charge is 0.279 e. The summed E-state index contributed by atoms with van der Waals surface area (Å²) in [7, 11) is 1.80. The minimum absolute atomic E-state index is 0.0267. The predicted octanol–water partition coefficient (Wildman–Crippen LogP) is 2.16. The Morgan fingerprint density at radius 3 is 2.56 bits per heavy atom. The molecule has 4 nitrogen and oxygen atoms in total. The van der Waals surface area contributed by atoms with E-state index in [-0.39, 0.29) is 12.2 Å². The number of nitrogens with one attached hydrogen (secondary N) is 2. The molecule has 2 rings (SSSR count). The van der Waals surface area contributed by atoms with Gasteiger partial charge in [-0.05, 0) is 31.2 Å². The number of hydrogen-bond donors (Lipinski definition) is 2. The number of ether oxygens (including phenoxy) is 1. The van der Waals surface area contributed by atoms with Gasteiger partial charge in [0.05, 0.1) is 19.3 Å². The molecule has 0 bridgehead atoms. The number of hydrogen-bond acceptors (Lipinski definition) is 2. The number of halogens is 3. The van der Waals surface area contributed by atoms with Gasteiger partial charge < -0.3 is 15.0 Å². The Morgan fingerprint density at radius 1 is 1.12 bits per heavy atom. The van der Waals surface area contributed by atoms with Gasteiger partial charge in [-0.3, -0.25) is 4.79 Å². The molecule has 0 aliphatic carbocycles. The number of rotatable bonds is 7. The molecule has 2 aromatic carbocycles. The molecule has 2 aromatic rings.